The normalized spacial score (nSPS) is 11.8. The van der Waals surface area contributed by atoms with Gasteiger partial charge in [-0.3, -0.25) is 9.98 Å². The van der Waals surface area contributed by atoms with Crippen molar-refractivity contribution >= 4 is 18.2 Å². The largest absolute Gasteiger partial charge is 0.383 e. The lowest BCUT2D eigenvalue weighted by Gasteiger charge is -2.10. The summed E-state index contributed by atoms with van der Waals surface area (Å²) in [4.78, 5) is 8.33. The highest BCUT2D eigenvalue weighted by Gasteiger charge is 2.11. The number of rotatable bonds is 7. The summed E-state index contributed by atoms with van der Waals surface area (Å²) >= 11 is 0. The van der Waals surface area contributed by atoms with E-state index in [0.717, 1.165) is 11.6 Å². The van der Waals surface area contributed by atoms with Crippen molar-refractivity contribution in [1.82, 2.24) is 0 Å². The molecule has 0 amide bonds. The van der Waals surface area contributed by atoms with E-state index in [1.54, 1.807) is 24.3 Å². The van der Waals surface area contributed by atoms with Crippen molar-refractivity contribution in [3.8, 4) is 11.1 Å². The lowest BCUT2D eigenvalue weighted by molar-refractivity contribution is 0.585. The highest BCUT2D eigenvalue weighted by atomic mass is 19.1. The molecule has 0 bridgehead atoms. The number of nitrogens with zero attached hydrogens (tertiary/aromatic N) is 2. The van der Waals surface area contributed by atoms with Crippen LogP contribution in [0.25, 0.3) is 11.1 Å². The van der Waals surface area contributed by atoms with Crippen LogP contribution in [0.4, 0.5) is 14.5 Å². The van der Waals surface area contributed by atoms with Crippen molar-refractivity contribution in [3.05, 3.63) is 90.1 Å². The zero-order valence-corrected chi connectivity index (χ0v) is 17.8. The molecule has 2 rings (SSSR count). The molecule has 0 spiro atoms. The summed E-state index contributed by atoms with van der Waals surface area (Å²) in [6.07, 6.45) is 8.63. The molecule has 30 heavy (non-hydrogen) atoms. The summed E-state index contributed by atoms with van der Waals surface area (Å²) in [5, 5.41) is 0. The second-order valence-electron chi connectivity index (χ2n) is 6.39. The third-order valence-electron chi connectivity index (χ3n) is 3.88. The van der Waals surface area contributed by atoms with Crippen molar-refractivity contribution in [3.63, 3.8) is 0 Å². The van der Waals surface area contributed by atoms with Crippen molar-refractivity contribution in [2.75, 3.05) is 6.54 Å². The van der Waals surface area contributed by atoms with Crippen LogP contribution in [-0.4, -0.2) is 19.1 Å². The van der Waals surface area contributed by atoms with Gasteiger partial charge in [-0.15, -0.1) is 0 Å². The molecule has 0 saturated carbocycles. The molecule has 2 aromatic rings. The maximum atomic E-state index is 14.1. The Balaban J connectivity index is 0.00000141. The Morgan fingerprint density at radius 3 is 2.40 bits per heavy atom. The van der Waals surface area contributed by atoms with E-state index in [1.807, 2.05) is 25.2 Å². The van der Waals surface area contributed by atoms with Gasteiger partial charge in [-0.25, -0.2) is 8.78 Å². The van der Waals surface area contributed by atoms with Crippen LogP contribution in [0.5, 0.6) is 0 Å². The summed E-state index contributed by atoms with van der Waals surface area (Å²) in [6.45, 7) is 13.8. The standard InChI is InChI=1S/C22H21F2N3.C3H8/c1-4-6-7-15(5-2)14-27-22(25)19-12-16(8-11-21(19)26-3)18-10-9-17(23)13-20(18)24;1-3-2/h4-13H,2-3,14H2,1H3,(H2,25,27);3H2,1-2H3/b6-4-,15-7+;. The van der Waals surface area contributed by atoms with Crippen LogP contribution >= 0.6 is 0 Å². The minimum absolute atomic E-state index is 0.245. The quantitative estimate of drug-likeness (QED) is 0.306. The van der Waals surface area contributed by atoms with Gasteiger partial charge in [0.05, 0.1) is 12.2 Å². The summed E-state index contributed by atoms with van der Waals surface area (Å²) in [5.41, 5.74) is 8.90. The lowest BCUT2D eigenvalue weighted by Crippen LogP contribution is -2.14. The van der Waals surface area contributed by atoms with Crippen LogP contribution in [0.15, 0.2) is 82.8 Å². The zero-order chi connectivity index (χ0) is 22.5. The van der Waals surface area contributed by atoms with Gasteiger partial charge in [-0.05, 0) is 49.0 Å². The van der Waals surface area contributed by atoms with Crippen LogP contribution in [-0.2, 0) is 0 Å². The van der Waals surface area contributed by atoms with Gasteiger partial charge in [0.15, 0.2) is 0 Å². The first-order chi connectivity index (χ1) is 14.4. The summed E-state index contributed by atoms with van der Waals surface area (Å²) in [6, 6.07) is 8.45. The maximum absolute atomic E-state index is 14.1. The van der Waals surface area contributed by atoms with Gasteiger partial charge in [-0.2, -0.15) is 0 Å². The van der Waals surface area contributed by atoms with E-state index in [0.29, 0.717) is 23.4 Å². The predicted octanol–water partition coefficient (Wildman–Crippen LogP) is 6.77. The molecule has 2 aromatic carbocycles. The molecule has 3 nitrogen and oxygen atoms in total. The van der Waals surface area contributed by atoms with E-state index in [4.69, 9.17) is 5.73 Å². The molecule has 0 radical (unpaired) electrons. The number of nitrogens with two attached hydrogens (primary N) is 1. The maximum Gasteiger partial charge on any atom is 0.133 e. The molecule has 0 fully saturated rings. The van der Waals surface area contributed by atoms with Gasteiger partial charge >= 0.3 is 0 Å². The topological polar surface area (TPSA) is 50.7 Å². The van der Waals surface area contributed by atoms with Gasteiger partial charge in [0, 0.05) is 17.2 Å². The summed E-state index contributed by atoms with van der Waals surface area (Å²) in [5.74, 6) is -1.04. The average molecular weight is 410 g/mol. The van der Waals surface area contributed by atoms with Crippen molar-refractivity contribution in [2.45, 2.75) is 27.2 Å². The molecule has 0 aliphatic rings. The molecule has 0 atom stereocenters. The number of allylic oxidation sites excluding steroid dienone is 3. The van der Waals surface area contributed by atoms with Crippen molar-refractivity contribution < 1.29 is 8.78 Å². The van der Waals surface area contributed by atoms with Crippen LogP contribution in [0, 0.1) is 11.6 Å². The number of benzene rings is 2. The molecular formula is C25H29F2N3. The van der Waals surface area contributed by atoms with Gasteiger partial charge < -0.3 is 5.73 Å². The molecule has 0 aromatic heterocycles. The average Bonchev–Trinajstić information content (AvgIpc) is 2.74. The predicted molar refractivity (Wildman–Crippen MR) is 126 cm³/mol. The highest BCUT2D eigenvalue weighted by molar-refractivity contribution is 6.03. The molecule has 158 valence electrons. The van der Waals surface area contributed by atoms with Crippen molar-refractivity contribution in [2.24, 2.45) is 15.7 Å². The van der Waals surface area contributed by atoms with E-state index in [9.17, 15) is 8.78 Å². The third-order valence-corrected chi connectivity index (χ3v) is 3.88. The molecular weight excluding hydrogens is 380 g/mol. The van der Waals surface area contributed by atoms with E-state index in [-0.39, 0.29) is 11.4 Å². The second-order valence-corrected chi connectivity index (χ2v) is 6.39. The Morgan fingerprint density at radius 1 is 1.13 bits per heavy atom. The molecule has 0 aliphatic carbocycles. The number of halogens is 2. The van der Waals surface area contributed by atoms with Crippen LogP contribution < -0.4 is 5.73 Å². The monoisotopic (exact) mass is 409 g/mol. The Morgan fingerprint density at radius 2 is 1.83 bits per heavy atom. The Labute approximate surface area is 178 Å². The SMILES string of the molecule is C=C/C(=C\C=C/C)CN=C(N)c1cc(-c2ccc(F)cc2F)ccc1N=C.CCC. The third kappa shape index (κ3) is 7.24. The first-order valence-corrected chi connectivity index (χ1v) is 9.72. The molecule has 0 unspecified atom stereocenters. The fraction of sp³-hybridized carbons (Fsp3) is 0.200. The van der Waals surface area contributed by atoms with Gasteiger partial charge in [0.2, 0.25) is 0 Å². The van der Waals surface area contributed by atoms with E-state index < -0.39 is 11.6 Å². The highest BCUT2D eigenvalue weighted by Crippen LogP contribution is 2.29. The Kier molecular flexibility index (Phi) is 10.7. The van der Waals surface area contributed by atoms with Gasteiger partial charge in [0.25, 0.3) is 0 Å². The van der Waals surface area contributed by atoms with Gasteiger partial charge in [0.1, 0.15) is 17.5 Å². The minimum Gasteiger partial charge on any atom is -0.383 e. The number of hydrogen-bond acceptors (Lipinski definition) is 2. The molecule has 0 heterocycles. The lowest BCUT2D eigenvalue weighted by atomic mass is 10.0. The number of amidine groups is 1. The number of hydrogen-bond donors (Lipinski definition) is 1. The van der Waals surface area contributed by atoms with Crippen molar-refractivity contribution in [1.29, 1.82) is 0 Å². The smallest absolute Gasteiger partial charge is 0.133 e. The number of aliphatic imine (C=N–C) groups is 2. The summed E-state index contributed by atoms with van der Waals surface area (Å²) < 4.78 is 27.3. The van der Waals surface area contributed by atoms with Gasteiger partial charge in [-0.1, -0.05) is 57.2 Å². The Bertz CT molecular complexity index is 957. The zero-order valence-electron chi connectivity index (χ0n) is 17.8. The molecule has 2 N–H and O–H groups in total. The Hall–Kier alpha value is -3.34. The second kappa shape index (κ2) is 13.0. The first-order valence-electron chi connectivity index (χ1n) is 9.72. The molecule has 5 heteroatoms. The van der Waals surface area contributed by atoms with Crippen LogP contribution in [0.1, 0.15) is 32.8 Å². The van der Waals surface area contributed by atoms with Crippen LogP contribution in [0.3, 0.4) is 0 Å². The molecule has 0 aliphatic heterocycles. The molecule has 0 saturated heterocycles. The fourth-order valence-corrected chi connectivity index (χ4v) is 2.44. The first kappa shape index (κ1) is 24.7. The van der Waals surface area contributed by atoms with Crippen LogP contribution in [0.2, 0.25) is 0 Å². The van der Waals surface area contributed by atoms with E-state index >= 15 is 0 Å². The van der Waals surface area contributed by atoms with E-state index in [2.05, 4.69) is 37.1 Å². The fourth-order valence-electron chi connectivity index (χ4n) is 2.44. The van der Waals surface area contributed by atoms with E-state index in [1.165, 1.54) is 18.6 Å². The summed E-state index contributed by atoms with van der Waals surface area (Å²) in [7, 11) is 0. The minimum atomic E-state index is -0.654.